The van der Waals surface area contributed by atoms with E-state index >= 15 is 0 Å². The lowest BCUT2D eigenvalue weighted by Crippen LogP contribution is -2.22. The number of benzene rings is 1. The normalized spacial score (nSPS) is 10.9. The van der Waals surface area contributed by atoms with Crippen molar-refractivity contribution in [2.75, 3.05) is 19.7 Å². The largest absolute Gasteiger partial charge is 0.492 e. The maximum absolute atomic E-state index is 5.71. The number of nitrogens with one attached hydrogen (secondary N) is 1. The first kappa shape index (κ1) is 14.5. The molecule has 0 amide bonds. The molecule has 1 aromatic carbocycles. The number of hydrogen-bond acceptors (Lipinski definition) is 2. The Morgan fingerprint density at radius 2 is 2.12 bits per heavy atom. The summed E-state index contributed by atoms with van der Waals surface area (Å²) in [7, 11) is 0. The van der Waals surface area contributed by atoms with E-state index in [1.54, 1.807) is 0 Å². The monoisotopic (exact) mass is 299 g/mol. The van der Waals surface area contributed by atoms with E-state index in [1.165, 1.54) is 5.56 Å². The highest BCUT2D eigenvalue weighted by Crippen LogP contribution is 2.25. The fraction of sp³-hybridized carbons (Fsp3) is 0.571. The van der Waals surface area contributed by atoms with Gasteiger partial charge in [0.1, 0.15) is 5.75 Å². The molecule has 3 heteroatoms. The maximum atomic E-state index is 5.71. The molecule has 0 atom stereocenters. The second-order valence-electron chi connectivity index (χ2n) is 4.73. The third-order valence-corrected chi connectivity index (χ3v) is 3.02. The van der Waals surface area contributed by atoms with E-state index in [1.807, 2.05) is 6.07 Å². The minimum absolute atomic E-state index is 0.710. The topological polar surface area (TPSA) is 21.3 Å². The molecule has 0 bridgehead atoms. The molecule has 0 saturated carbocycles. The molecule has 96 valence electrons. The van der Waals surface area contributed by atoms with Gasteiger partial charge in [-0.05, 0) is 66.0 Å². The van der Waals surface area contributed by atoms with Crippen molar-refractivity contribution in [3.8, 4) is 5.75 Å². The van der Waals surface area contributed by atoms with Crippen LogP contribution in [0, 0.1) is 12.8 Å². The highest BCUT2D eigenvalue weighted by molar-refractivity contribution is 9.10. The lowest BCUT2D eigenvalue weighted by atomic mass is 10.2. The molecule has 0 spiro atoms. The fourth-order valence-corrected chi connectivity index (χ4v) is 2.10. The predicted octanol–water partition coefficient (Wildman–Crippen LogP) is 3.77. The summed E-state index contributed by atoms with van der Waals surface area (Å²) in [5.74, 6) is 1.64. The molecule has 1 N–H and O–H groups in total. The molecule has 0 saturated heterocycles. The lowest BCUT2D eigenvalue weighted by molar-refractivity contribution is 0.305. The van der Waals surface area contributed by atoms with Gasteiger partial charge in [0.2, 0.25) is 0 Å². The zero-order valence-electron chi connectivity index (χ0n) is 10.9. The second-order valence-corrected chi connectivity index (χ2v) is 5.59. The number of aryl methyl sites for hydroxylation is 1. The van der Waals surface area contributed by atoms with Gasteiger partial charge in [0.15, 0.2) is 0 Å². The van der Waals surface area contributed by atoms with Gasteiger partial charge in [-0.2, -0.15) is 0 Å². The quantitative estimate of drug-likeness (QED) is 0.774. The molecule has 0 aromatic heterocycles. The number of rotatable bonds is 7. The summed E-state index contributed by atoms with van der Waals surface area (Å²) in [6.07, 6.45) is 1.03. The van der Waals surface area contributed by atoms with Crippen molar-refractivity contribution in [1.82, 2.24) is 5.32 Å². The van der Waals surface area contributed by atoms with Crippen LogP contribution in [0.4, 0.5) is 0 Å². The van der Waals surface area contributed by atoms with Gasteiger partial charge in [0.05, 0.1) is 11.1 Å². The molecular formula is C14H22BrNO. The minimum atomic E-state index is 0.710. The van der Waals surface area contributed by atoms with E-state index in [9.17, 15) is 0 Å². The van der Waals surface area contributed by atoms with Crippen molar-refractivity contribution in [1.29, 1.82) is 0 Å². The van der Waals surface area contributed by atoms with E-state index < -0.39 is 0 Å². The zero-order valence-corrected chi connectivity index (χ0v) is 12.5. The van der Waals surface area contributed by atoms with Crippen molar-refractivity contribution in [2.45, 2.75) is 27.2 Å². The van der Waals surface area contributed by atoms with Crippen LogP contribution in [0.5, 0.6) is 5.75 Å². The van der Waals surface area contributed by atoms with E-state index in [0.717, 1.165) is 36.3 Å². The molecular weight excluding hydrogens is 278 g/mol. The highest BCUT2D eigenvalue weighted by atomic mass is 79.9. The van der Waals surface area contributed by atoms with Gasteiger partial charge in [-0.15, -0.1) is 0 Å². The Morgan fingerprint density at radius 1 is 1.35 bits per heavy atom. The van der Waals surface area contributed by atoms with Crippen LogP contribution in [0.25, 0.3) is 0 Å². The molecule has 2 nitrogen and oxygen atoms in total. The van der Waals surface area contributed by atoms with E-state index in [2.05, 4.69) is 54.2 Å². The van der Waals surface area contributed by atoms with Gasteiger partial charge in [0, 0.05) is 0 Å². The summed E-state index contributed by atoms with van der Waals surface area (Å²) in [6, 6.07) is 6.16. The standard InChI is InChI=1S/C14H22BrNO/c1-11(2)10-16-7-4-8-17-14-6-5-12(3)9-13(14)15/h5-6,9,11,16H,4,7-8,10H2,1-3H3. The first-order chi connectivity index (χ1) is 8.09. The van der Waals surface area contributed by atoms with Crippen LogP contribution in [-0.2, 0) is 0 Å². The Bertz CT molecular complexity index is 339. The maximum Gasteiger partial charge on any atom is 0.133 e. The number of hydrogen-bond donors (Lipinski definition) is 1. The number of halogens is 1. The SMILES string of the molecule is Cc1ccc(OCCCNCC(C)C)c(Br)c1. The average Bonchev–Trinajstić information content (AvgIpc) is 2.25. The van der Waals surface area contributed by atoms with Crippen LogP contribution in [0.2, 0.25) is 0 Å². The van der Waals surface area contributed by atoms with Gasteiger partial charge in [-0.1, -0.05) is 19.9 Å². The molecule has 17 heavy (non-hydrogen) atoms. The first-order valence-electron chi connectivity index (χ1n) is 6.19. The molecule has 0 unspecified atom stereocenters. The Hall–Kier alpha value is -0.540. The summed E-state index contributed by atoms with van der Waals surface area (Å²) in [4.78, 5) is 0. The third kappa shape index (κ3) is 6.08. The van der Waals surface area contributed by atoms with Gasteiger partial charge in [-0.25, -0.2) is 0 Å². The van der Waals surface area contributed by atoms with Crippen LogP contribution in [0.1, 0.15) is 25.8 Å². The molecule has 0 aliphatic heterocycles. The summed E-state index contributed by atoms with van der Waals surface area (Å²) < 4.78 is 6.75. The van der Waals surface area contributed by atoms with Crippen molar-refractivity contribution >= 4 is 15.9 Å². The van der Waals surface area contributed by atoms with E-state index in [-0.39, 0.29) is 0 Å². The Kier molecular flexibility index (Phi) is 6.60. The second kappa shape index (κ2) is 7.72. The number of ether oxygens (including phenoxy) is 1. The van der Waals surface area contributed by atoms with Gasteiger partial charge in [-0.3, -0.25) is 0 Å². The zero-order chi connectivity index (χ0) is 12.7. The Labute approximate surface area is 113 Å². The van der Waals surface area contributed by atoms with Gasteiger partial charge >= 0.3 is 0 Å². The fourth-order valence-electron chi connectivity index (χ4n) is 1.49. The molecule has 0 radical (unpaired) electrons. The minimum Gasteiger partial charge on any atom is -0.492 e. The average molecular weight is 300 g/mol. The van der Waals surface area contributed by atoms with Crippen molar-refractivity contribution in [3.05, 3.63) is 28.2 Å². The van der Waals surface area contributed by atoms with Crippen LogP contribution < -0.4 is 10.1 Å². The Morgan fingerprint density at radius 3 is 2.76 bits per heavy atom. The highest BCUT2D eigenvalue weighted by Gasteiger charge is 2.00. The smallest absolute Gasteiger partial charge is 0.133 e. The molecule has 0 fully saturated rings. The van der Waals surface area contributed by atoms with Crippen molar-refractivity contribution < 1.29 is 4.74 Å². The summed E-state index contributed by atoms with van der Waals surface area (Å²) in [5.41, 5.74) is 1.24. The molecule has 0 heterocycles. The lowest BCUT2D eigenvalue weighted by Gasteiger charge is -2.10. The van der Waals surface area contributed by atoms with Crippen LogP contribution in [0.3, 0.4) is 0 Å². The van der Waals surface area contributed by atoms with Crippen molar-refractivity contribution in [2.24, 2.45) is 5.92 Å². The van der Waals surface area contributed by atoms with Crippen molar-refractivity contribution in [3.63, 3.8) is 0 Å². The predicted molar refractivity (Wildman–Crippen MR) is 76.7 cm³/mol. The summed E-state index contributed by atoms with van der Waals surface area (Å²) in [6.45, 7) is 9.35. The van der Waals surface area contributed by atoms with Crippen LogP contribution in [-0.4, -0.2) is 19.7 Å². The Balaban J connectivity index is 2.18. The third-order valence-electron chi connectivity index (χ3n) is 2.40. The molecule has 0 aliphatic rings. The molecule has 0 aliphatic carbocycles. The van der Waals surface area contributed by atoms with Gasteiger partial charge < -0.3 is 10.1 Å². The van der Waals surface area contributed by atoms with E-state index in [0.29, 0.717) is 5.92 Å². The van der Waals surface area contributed by atoms with Crippen LogP contribution >= 0.6 is 15.9 Å². The van der Waals surface area contributed by atoms with Crippen LogP contribution in [0.15, 0.2) is 22.7 Å². The van der Waals surface area contributed by atoms with E-state index in [4.69, 9.17) is 4.74 Å². The summed E-state index contributed by atoms with van der Waals surface area (Å²) in [5, 5.41) is 3.40. The van der Waals surface area contributed by atoms with Gasteiger partial charge in [0.25, 0.3) is 0 Å². The summed E-state index contributed by atoms with van der Waals surface area (Å²) >= 11 is 3.51. The molecule has 1 rings (SSSR count). The first-order valence-corrected chi connectivity index (χ1v) is 6.98. The molecule has 1 aromatic rings.